The standard InChI is InChI=1S/C11H22O/c1-4-6-8-11(10(3)12)9-7-5-2/h11-12H,3-9H2,1-2H3. The van der Waals surface area contributed by atoms with Crippen LogP contribution in [0.25, 0.3) is 0 Å². The predicted octanol–water partition coefficient (Wildman–Crippen LogP) is 4.05. The van der Waals surface area contributed by atoms with Crippen LogP contribution in [0.3, 0.4) is 0 Å². The summed E-state index contributed by atoms with van der Waals surface area (Å²) in [7, 11) is 0. The van der Waals surface area contributed by atoms with Gasteiger partial charge >= 0.3 is 0 Å². The van der Waals surface area contributed by atoms with Gasteiger partial charge in [0.05, 0.1) is 5.76 Å². The van der Waals surface area contributed by atoms with Gasteiger partial charge in [-0.05, 0) is 12.8 Å². The van der Waals surface area contributed by atoms with Crippen molar-refractivity contribution in [3.63, 3.8) is 0 Å². The van der Waals surface area contributed by atoms with Gasteiger partial charge in [0.15, 0.2) is 0 Å². The summed E-state index contributed by atoms with van der Waals surface area (Å²) in [4.78, 5) is 0. The summed E-state index contributed by atoms with van der Waals surface area (Å²) in [6, 6.07) is 0. The van der Waals surface area contributed by atoms with Gasteiger partial charge in [-0.1, -0.05) is 46.1 Å². The Morgan fingerprint density at radius 3 is 1.83 bits per heavy atom. The molecule has 0 aliphatic carbocycles. The van der Waals surface area contributed by atoms with Crippen molar-refractivity contribution in [2.24, 2.45) is 5.92 Å². The minimum atomic E-state index is 0.352. The quantitative estimate of drug-likeness (QED) is 0.571. The molecule has 0 fully saturated rings. The van der Waals surface area contributed by atoms with Gasteiger partial charge in [0, 0.05) is 5.92 Å². The Morgan fingerprint density at radius 1 is 1.17 bits per heavy atom. The summed E-state index contributed by atoms with van der Waals surface area (Å²) in [5.41, 5.74) is 0. The summed E-state index contributed by atoms with van der Waals surface area (Å²) in [6.45, 7) is 7.97. The van der Waals surface area contributed by atoms with Crippen molar-refractivity contribution < 1.29 is 5.11 Å². The van der Waals surface area contributed by atoms with Gasteiger partial charge in [-0.3, -0.25) is 0 Å². The Labute approximate surface area is 76.5 Å². The maximum absolute atomic E-state index is 9.27. The van der Waals surface area contributed by atoms with Crippen LogP contribution < -0.4 is 0 Å². The van der Waals surface area contributed by atoms with Crippen LogP contribution in [0.15, 0.2) is 12.3 Å². The summed E-state index contributed by atoms with van der Waals surface area (Å²) in [5, 5.41) is 9.27. The molecular formula is C11H22O. The molecule has 0 heterocycles. The van der Waals surface area contributed by atoms with Gasteiger partial charge in [-0.2, -0.15) is 0 Å². The van der Waals surface area contributed by atoms with E-state index < -0.39 is 0 Å². The van der Waals surface area contributed by atoms with Gasteiger partial charge in [0.2, 0.25) is 0 Å². The van der Waals surface area contributed by atoms with Crippen molar-refractivity contribution in [3.8, 4) is 0 Å². The molecule has 0 radical (unpaired) electrons. The van der Waals surface area contributed by atoms with E-state index in [2.05, 4.69) is 20.4 Å². The molecule has 1 nitrogen and oxygen atoms in total. The number of rotatable bonds is 7. The molecule has 72 valence electrons. The third kappa shape index (κ3) is 5.22. The molecule has 0 aromatic carbocycles. The van der Waals surface area contributed by atoms with Gasteiger partial charge < -0.3 is 5.11 Å². The lowest BCUT2D eigenvalue weighted by Gasteiger charge is -2.14. The van der Waals surface area contributed by atoms with Crippen LogP contribution in [0, 0.1) is 5.92 Å². The molecule has 12 heavy (non-hydrogen) atoms. The van der Waals surface area contributed by atoms with Crippen molar-refractivity contribution in [3.05, 3.63) is 12.3 Å². The third-order valence-electron chi connectivity index (χ3n) is 2.28. The second-order valence-corrected chi connectivity index (χ2v) is 3.47. The molecule has 0 saturated heterocycles. The highest BCUT2D eigenvalue weighted by Gasteiger charge is 2.09. The number of aliphatic hydroxyl groups excluding tert-OH is 1. The van der Waals surface area contributed by atoms with E-state index in [4.69, 9.17) is 0 Å². The van der Waals surface area contributed by atoms with Crippen molar-refractivity contribution in [1.82, 2.24) is 0 Å². The monoisotopic (exact) mass is 170 g/mol. The van der Waals surface area contributed by atoms with Crippen LogP contribution in [-0.4, -0.2) is 5.11 Å². The van der Waals surface area contributed by atoms with Crippen LogP contribution in [-0.2, 0) is 0 Å². The van der Waals surface area contributed by atoms with Crippen molar-refractivity contribution >= 4 is 0 Å². The first-order valence-corrected chi connectivity index (χ1v) is 5.10. The van der Waals surface area contributed by atoms with Crippen LogP contribution in [0.5, 0.6) is 0 Å². The fraction of sp³-hybridized carbons (Fsp3) is 0.818. The fourth-order valence-corrected chi connectivity index (χ4v) is 1.38. The molecule has 1 heteroatoms. The van der Waals surface area contributed by atoms with Gasteiger partial charge in [-0.15, -0.1) is 0 Å². The van der Waals surface area contributed by atoms with E-state index in [1.807, 2.05) is 0 Å². The number of hydrogen-bond donors (Lipinski definition) is 1. The second kappa shape index (κ2) is 7.20. The molecule has 0 atom stereocenters. The first kappa shape index (κ1) is 11.5. The third-order valence-corrected chi connectivity index (χ3v) is 2.28. The van der Waals surface area contributed by atoms with Crippen molar-refractivity contribution in [2.75, 3.05) is 0 Å². The van der Waals surface area contributed by atoms with Gasteiger partial charge in [0.25, 0.3) is 0 Å². The maximum atomic E-state index is 9.27. The molecule has 1 N–H and O–H groups in total. The van der Waals surface area contributed by atoms with E-state index in [9.17, 15) is 5.11 Å². The molecule has 0 amide bonds. The zero-order valence-electron chi connectivity index (χ0n) is 8.47. The molecule has 0 aliphatic heterocycles. The predicted molar refractivity (Wildman–Crippen MR) is 54.3 cm³/mol. The highest BCUT2D eigenvalue weighted by Crippen LogP contribution is 2.20. The van der Waals surface area contributed by atoms with Crippen molar-refractivity contribution in [1.29, 1.82) is 0 Å². The molecule has 0 saturated carbocycles. The molecule has 0 rings (SSSR count). The number of aliphatic hydroxyl groups is 1. The Kier molecular flexibility index (Phi) is 6.93. The average Bonchev–Trinajstić information content (AvgIpc) is 2.04. The lowest BCUT2D eigenvalue weighted by Crippen LogP contribution is -2.02. The molecule has 0 bridgehead atoms. The highest BCUT2D eigenvalue weighted by molar-refractivity contribution is 4.88. The second-order valence-electron chi connectivity index (χ2n) is 3.47. The van der Waals surface area contributed by atoms with Gasteiger partial charge in [0.1, 0.15) is 0 Å². The van der Waals surface area contributed by atoms with E-state index in [1.165, 1.54) is 25.7 Å². The molecule has 0 aromatic rings. The highest BCUT2D eigenvalue weighted by atomic mass is 16.3. The first-order chi connectivity index (χ1) is 5.72. The lowest BCUT2D eigenvalue weighted by molar-refractivity contribution is 0.302. The summed E-state index contributed by atoms with van der Waals surface area (Å²) >= 11 is 0. The van der Waals surface area contributed by atoms with E-state index >= 15 is 0 Å². The normalized spacial score (nSPS) is 10.6. The molecule has 0 spiro atoms. The van der Waals surface area contributed by atoms with Crippen LogP contribution in [0.2, 0.25) is 0 Å². The zero-order chi connectivity index (χ0) is 9.40. The van der Waals surface area contributed by atoms with E-state index in [0.717, 1.165) is 12.8 Å². The average molecular weight is 170 g/mol. The van der Waals surface area contributed by atoms with Gasteiger partial charge in [-0.25, -0.2) is 0 Å². The molecular weight excluding hydrogens is 148 g/mol. The Balaban J connectivity index is 3.62. The summed E-state index contributed by atoms with van der Waals surface area (Å²) in [5.74, 6) is 0.738. The number of hydrogen-bond acceptors (Lipinski definition) is 1. The topological polar surface area (TPSA) is 20.2 Å². The summed E-state index contributed by atoms with van der Waals surface area (Å²) in [6.07, 6.45) is 7.02. The molecule has 0 aliphatic rings. The Morgan fingerprint density at radius 2 is 1.58 bits per heavy atom. The SMILES string of the molecule is C=C(O)C(CCCC)CCCC. The smallest absolute Gasteiger partial charge is 0.0881 e. The minimum Gasteiger partial charge on any atom is -0.513 e. The summed E-state index contributed by atoms with van der Waals surface area (Å²) < 4.78 is 0. The Bertz CT molecular complexity index is 110. The number of unbranched alkanes of at least 4 members (excludes halogenated alkanes) is 2. The fourth-order valence-electron chi connectivity index (χ4n) is 1.38. The van der Waals surface area contributed by atoms with E-state index in [0.29, 0.717) is 11.7 Å². The van der Waals surface area contributed by atoms with E-state index in [-0.39, 0.29) is 0 Å². The van der Waals surface area contributed by atoms with Crippen molar-refractivity contribution in [2.45, 2.75) is 52.4 Å². The number of allylic oxidation sites excluding steroid dienone is 1. The maximum Gasteiger partial charge on any atom is 0.0881 e. The molecule has 0 unspecified atom stereocenters. The van der Waals surface area contributed by atoms with Crippen LogP contribution >= 0.6 is 0 Å². The first-order valence-electron chi connectivity index (χ1n) is 5.10. The zero-order valence-corrected chi connectivity index (χ0v) is 8.47. The lowest BCUT2D eigenvalue weighted by atomic mass is 9.95. The Hall–Kier alpha value is -0.460. The molecule has 0 aromatic heterocycles. The largest absolute Gasteiger partial charge is 0.513 e. The van der Waals surface area contributed by atoms with Crippen LogP contribution in [0.4, 0.5) is 0 Å². The minimum absolute atomic E-state index is 0.352. The van der Waals surface area contributed by atoms with Crippen LogP contribution in [0.1, 0.15) is 52.4 Å². The van der Waals surface area contributed by atoms with E-state index in [1.54, 1.807) is 0 Å².